The second kappa shape index (κ2) is 3.99. The minimum Gasteiger partial charge on any atom is -0.192 e. The van der Waals surface area contributed by atoms with Gasteiger partial charge in [0.25, 0.3) is 0 Å². The van der Waals surface area contributed by atoms with Crippen LogP contribution in [-0.2, 0) is 5.41 Å². The summed E-state index contributed by atoms with van der Waals surface area (Å²) in [5.74, 6) is 0.590. The molecule has 3 rings (SSSR count). The van der Waals surface area contributed by atoms with E-state index in [0.717, 1.165) is 5.56 Å². The fourth-order valence-corrected chi connectivity index (χ4v) is 2.78. The van der Waals surface area contributed by atoms with Crippen LogP contribution in [0.25, 0.3) is 0 Å². The Hall–Kier alpha value is -2.07. The molecule has 1 saturated carbocycles. The largest absolute Gasteiger partial charge is 0.192 e. The van der Waals surface area contributed by atoms with Crippen molar-refractivity contribution in [2.24, 2.45) is 0 Å². The number of benzene rings is 2. The van der Waals surface area contributed by atoms with Crippen LogP contribution in [0.2, 0.25) is 0 Å². The lowest BCUT2D eigenvalue weighted by Crippen LogP contribution is -2.03. The monoisotopic (exact) mass is 233 g/mol. The lowest BCUT2D eigenvalue weighted by Gasteiger charge is -2.11. The average molecular weight is 233 g/mol. The molecule has 88 valence electrons. The molecule has 1 nitrogen and oxygen atoms in total. The molecule has 2 aromatic carbocycles. The van der Waals surface area contributed by atoms with Crippen LogP contribution in [0, 0.1) is 11.3 Å². The van der Waals surface area contributed by atoms with Gasteiger partial charge in [-0.3, -0.25) is 0 Å². The van der Waals surface area contributed by atoms with E-state index >= 15 is 0 Å². The molecule has 1 heteroatoms. The third-order valence-electron chi connectivity index (χ3n) is 4.11. The third kappa shape index (κ3) is 1.71. The molecule has 1 aliphatic carbocycles. The molecule has 18 heavy (non-hydrogen) atoms. The van der Waals surface area contributed by atoms with Gasteiger partial charge < -0.3 is 0 Å². The molecule has 0 spiro atoms. The predicted octanol–water partition coefficient (Wildman–Crippen LogP) is 4.00. The van der Waals surface area contributed by atoms with Gasteiger partial charge in [0.15, 0.2) is 0 Å². The van der Waals surface area contributed by atoms with Gasteiger partial charge in [-0.25, -0.2) is 0 Å². The Kier molecular flexibility index (Phi) is 2.45. The highest BCUT2D eigenvalue weighted by molar-refractivity contribution is 5.43. The first-order valence-electron chi connectivity index (χ1n) is 6.29. The van der Waals surface area contributed by atoms with E-state index in [9.17, 15) is 0 Å². The highest BCUT2D eigenvalue weighted by Gasteiger charge is 2.51. The van der Waals surface area contributed by atoms with Crippen LogP contribution < -0.4 is 0 Å². The molecule has 2 atom stereocenters. The van der Waals surface area contributed by atoms with Crippen LogP contribution in [0.3, 0.4) is 0 Å². The molecule has 0 aliphatic heterocycles. The minimum absolute atomic E-state index is 0.273. The first-order valence-corrected chi connectivity index (χ1v) is 6.29. The quantitative estimate of drug-likeness (QED) is 0.769. The SMILES string of the molecule is C[C@@]1(c2ccccc2)C[C@H]1c1ccc(C#N)cc1. The summed E-state index contributed by atoms with van der Waals surface area (Å²) < 4.78 is 0. The van der Waals surface area contributed by atoms with Gasteiger partial charge in [-0.2, -0.15) is 5.26 Å². The molecule has 2 aromatic rings. The van der Waals surface area contributed by atoms with Crippen molar-refractivity contribution in [3.8, 4) is 6.07 Å². The second-order valence-corrected chi connectivity index (χ2v) is 5.27. The Morgan fingerprint density at radius 3 is 2.33 bits per heavy atom. The topological polar surface area (TPSA) is 23.8 Å². The molecule has 1 aliphatic rings. The molecule has 0 aromatic heterocycles. The Morgan fingerprint density at radius 2 is 1.72 bits per heavy atom. The smallest absolute Gasteiger partial charge is 0.0991 e. The number of hydrogen-bond acceptors (Lipinski definition) is 1. The van der Waals surface area contributed by atoms with E-state index in [2.05, 4.69) is 55.5 Å². The van der Waals surface area contributed by atoms with Crippen LogP contribution in [0.1, 0.15) is 36.0 Å². The maximum absolute atomic E-state index is 8.81. The predicted molar refractivity (Wildman–Crippen MR) is 72.3 cm³/mol. The summed E-state index contributed by atoms with van der Waals surface area (Å²) in [4.78, 5) is 0. The zero-order chi connectivity index (χ0) is 12.6. The summed E-state index contributed by atoms with van der Waals surface area (Å²) in [6, 6.07) is 20.9. The molecule has 0 unspecified atom stereocenters. The molecule has 0 saturated heterocycles. The van der Waals surface area contributed by atoms with E-state index in [0.29, 0.717) is 5.92 Å². The first kappa shape index (κ1) is 11.0. The summed E-state index contributed by atoms with van der Waals surface area (Å²) in [7, 11) is 0. The van der Waals surface area contributed by atoms with E-state index in [1.807, 2.05) is 12.1 Å². The highest BCUT2D eigenvalue weighted by Crippen LogP contribution is 2.60. The summed E-state index contributed by atoms with van der Waals surface area (Å²) in [5.41, 5.74) is 3.77. The fourth-order valence-electron chi connectivity index (χ4n) is 2.78. The van der Waals surface area contributed by atoms with Crippen molar-refractivity contribution in [2.75, 3.05) is 0 Å². The summed E-state index contributed by atoms with van der Waals surface area (Å²) in [6.07, 6.45) is 1.20. The van der Waals surface area contributed by atoms with Gasteiger partial charge in [0, 0.05) is 0 Å². The Balaban J connectivity index is 1.87. The average Bonchev–Trinajstić information content (AvgIpc) is 3.14. The Morgan fingerprint density at radius 1 is 1.06 bits per heavy atom. The fraction of sp³-hybridized carbons (Fsp3) is 0.235. The number of nitrogens with zero attached hydrogens (tertiary/aromatic N) is 1. The number of nitriles is 1. The Bertz CT molecular complexity index is 592. The standard InChI is InChI=1S/C17H15N/c1-17(15-5-3-2-4-6-15)11-16(17)14-9-7-13(12-18)8-10-14/h2-10,16H,11H2,1H3/t16-,17-/m0/s1. The molecular weight excluding hydrogens is 218 g/mol. The van der Waals surface area contributed by atoms with Crippen molar-refractivity contribution < 1.29 is 0 Å². The zero-order valence-electron chi connectivity index (χ0n) is 10.4. The number of hydrogen-bond donors (Lipinski definition) is 0. The molecule has 0 N–H and O–H groups in total. The van der Waals surface area contributed by atoms with E-state index in [1.54, 1.807) is 0 Å². The van der Waals surface area contributed by atoms with Gasteiger partial charge in [-0.1, -0.05) is 49.4 Å². The molecule has 0 radical (unpaired) electrons. The summed E-state index contributed by atoms with van der Waals surface area (Å²) in [6.45, 7) is 2.32. The second-order valence-electron chi connectivity index (χ2n) is 5.27. The van der Waals surface area contributed by atoms with Crippen LogP contribution in [0.5, 0.6) is 0 Å². The van der Waals surface area contributed by atoms with Gasteiger partial charge in [-0.05, 0) is 41.0 Å². The van der Waals surface area contributed by atoms with E-state index < -0.39 is 0 Å². The van der Waals surface area contributed by atoms with Crippen LogP contribution in [-0.4, -0.2) is 0 Å². The third-order valence-corrected chi connectivity index (χ3v) is 4.11. The molecule has 0 heterocycles. The highest BCUT2D eigenvalue weighted by atomic mass is 14.5. The maximum atomic E-state index is 8.81. The van der Waals surface area contributed by atoms with Crippen molar-refractivity contribution in [3.63, 3.8) is 0 Å². The van der Waals surface area contributed by atoms with Crippen LogP contribution in [0.15, 0.2) is 54.6 Å². The van der Waals surface area contributed by atoms with Gasteiger partial charge >= 0.3 is 0 Å². The van der Waals surface area contributed by atoms with Crippen molar-refractivity contribution in [3.05, 3.63) is 71.3 Å². The van der Waals surface area contributed by atoms with E-state index in [4.69, 9.17) is 5.26 Å². The summed E-state index contributed by atoms with van der Waals surface area (Å²) in [5, 5.41) is 8.81. The van der Waals surface area contributed by atoms with Crippen LogP contribution in [0.4, 0.5) is 0 Å². The first-order chi connectivity index (χ1) is 8.74. The zero-order valence-corrected chi connectivity index (χ0v) is 10.4. The van der Waals surface area contributed by atoms with Crippen LogP contribution >= 0.6 is 0 Å². The van der Waals surface area contributed by atoms with Gasteiger partial charge in [-0.15, -0.1) is 0 Å². The van der Waals surface area contributed by atoms with Crippen molar-refractivity contribution >= 4 is 0 Å². The minimum atomic E-state index is 0.273. The molecule has 1 fully saturated rings. The normalized spacial score (nSPS) is 25.4. The van der Waals surface area contributed by atoms with Gasteiger partial charge in [0.05, 0.1) is 11.6 Å². The Labute approximate surface area is 108 Å². The lowest BCUT2D eigenvalue weighted by molar-refractivity contribution is 0.749. The molecular formula is C17H15N. The van der Waals surface area contributed by atoms with E-state index in [1.165, 1.54) is 17.5 Å². The molecule has 0 amide bonds. The maximum Gasteiger partial charge on any atom is 0.0991 e. The molecule has 0 bridgehead atoms. The van der Waals surface area contributed by atoms with Crippen molar-refractivity contribution in [1.82, 2.24) is 0 Å². The lowest BCUT2D eigenvalue weighted by atomic mass is 9.92. The summed E-state index contributed by atoms with van der Waals surface area (Å²) >= 11 is 0. The van der Waals surface area contributed by atoms with Gasteiger partial charge in [0.1, 0.15) is 0 Å². The number of rotatable bonds is 2. The van der Waals surface area contributed by atoms with Gasteiger partial charge in [0.2, 0.25) is 0 Å². The van der Waals surface area contributed by atoms with Crippen molar-refractivity contribution in [1.29, 1.82) is 5.26 Å². The van der Waals surface area contributed by atoms with E-state index in [-0.39, 0.29) is 5.41 Å². The van der Waals surface area contributed by atoms with Crippen molar-refractivity contribution in [2.45, 2.75) is 24.7 Å².